The third kappa shape index (κ3) is 4.28. The Morgan fingerprint density at radius 2 is 2.06 bits per heavy atom. The maximum absolute atomic E-state index is 11.9. The number of likely N-dealkylation sites (N-methyl/N-ethyl adjacent to an activating group) is 1. The lowest BCUT2D eigenvalue weighted by molar-refractivity contribution is -0.129. The van der Waals surface area contributed by atoms with Crippen LogP contribution in [0.1, 0.15) is 33.6 Å². The third-order valence-electron chi connectivity index (χ3n) is 3.55. The molecule has 1 heterocycles. The highest BCUT2D eigenvalue weighted by atomic mass is 16.2. The molecule has 0 aliphatic carbocycles. The molecule has 1 N–H and O–H groups in total. The molecule has 0 aromatic rings. The summed E-state index contributed by atoms with van der Waals surface area (Å²) >= 11 is 0. The molecular weight excluding hydrogens is 214 g/mol. The first-order chi connectivity index (χ1) is 8.22. The molecule has 1 unspecified atom stereocenters. The van der Waals surface area contributed by atoms with Crippen molar-refractivity contribution in [3.05, 3.63) is 0 Å². The molecule has 0 spiro atoms. The summed E-state index contributed by atoms with van der Waals surface area (Å²) in [4.78, 5) is 16.4. The quantitative estimate of drug-likeness (QED) is 0.674. The zero-order valence-electron chi connectivity index (χ0n) is 11.5. The topological polar surface area (TPSA) is 35.6 Å². The summed E-state index contributed by atoms with van der Waals surface area (Å²) in [5, 5.41) is 3.18. The van der Waals surface area contributed by atoms with Gasteiger partial charge in [0.05, 0.1) is 6.54 Å². The second-order valence-electron chi connectivity index (χ2n) is 4.68. The highest BCUT2D eigenvalue weighted by molar-refractivity contribution is 5.78. The van der Waals surface area contributed by atoms with Crippen LogP contribution in [0.4, 0.5) is 0 Å². The average Bonchev–Trinajstić information content (AvgIpc) is 2.80. The normalized spacial score (nSPS) is 20.2. The standard InChI is InChI=1S/C13H27N3O/c1-4-8-14-10-13(17)16-9-7-12(11-16)15(5-2)6-3/h12,14H,4-11H2,1-3H3. The van der Waals surface area contributed by atoms with E-state index in [1.54, 1.807) is 0 Å². The van der Waals surface area contributed by atoms with Crippen LogP contribution in [0.25, 0.3) is 0 Å². The molecule has 1 aliphatic heterocycles. The second kappa shape index (κ2) is 7.67. The van der Waals surface area contributed by atoms with Crippen LogP contribution in [0.15, 0.2) is 0 Å². The van der Waals surface area contributed by atoms with Crippen LogP contribution < -0.4 is 5.32 Å². The Morgan fingerprint density at radius 1 is 1.35 bits per heavy atom. The highest BCUT2D eigenvalue weighted by Gasteiger charge is 2.28. The zero-order chi connectivity index (χ0) is 12.7. The van der Waals surface area contributed by atoms with Crippen LogP contribution in [-0.4, -0.2) is 61.0 Å². The van der Waals surface area contributed by atoms with Crippen molar-refractivity contribution in [2.75, 3.05) is 39.3 Å². The minimum atomic E-state index is 0.258. The summed E-state index contributed by atoms with van der Waals surface area (Å²) in [6.07, 6.45) is 2.20. The van der Waals surface area contributed by atoms with E-state index in [0.717, 1.165) is 45.6 Å². The molecule has 4 heteroatoms. The number of carbonyl (C=O) groups is 1. The first-order valence-corrected chi connectivity index (χ1v) is 6.95. The van der Waals surface area contributed by atoms with E-state index in [0.29, 0.717) is 12.6 Å². The van der Waals surface area contributed by atoms with Gasteiger partial charge < -0.3 is 10.2 Å². The summed E-state index contributed by atoms with van der Waals surface area (Å²) in [6.45, 7) is 11.9. The summed E-state index contributed by atoms with van der Waals surface area (Å²) in [5.41, 5.74) is 0. The van der Waals surface area contributed by atoms with E-state index in [1.807, 2.05) is 4.90 Å². The lowest BCUT2D eigenvalue weighted by Crippen LogP contribution is -2.41. The van der Waals surface area contributed by atoms with E-state index < -0.39 is 0 Å². The molecule has 1 rings (SSSR count). The number of hydrogen-bond donors (Lipinski definition) is 1. The van der Waals surface area contributed by atoms with E-state index in [1.165, 1.54) is 0 Å². The Balaban J connectivity index is 2.31. The van der Waals surface area contributed by atoms with Crippen molar-refractivity contribution >= 4 is 5.91 Å². The summed E-state index contributed by atoms with van der Waals surface area (Å²) < 4.78 is 0. The first kappa shape index (κ1) is 14.5. The second-order valence-corrected chi connectivity index (χ2v) is 4.68. The molecule has 1 saturated heterocycles. The number of likely N-dealkylation sites (tertiary alicyclic amines) is 1. The van der Waals surface area contributed by atoms with Crippen LogP contribution in [0.3, 0.4) is 0 Å². The molecule has 1 atom stereocenters. The number of hydrogen-bond acceptors (Lipinski definition) is 3. The molecule has 17 heavy (non-hydrogen) atoms. The maximum Gasteiger partial charge on any atom is 0.236 e. The SMILES string of the molecule is CCCNCC(=O)N1CCC(N(CC)CC)C1. The fraction of sp³-hybridized carbons (Fsp3) is 0.923. The average molecular weight is 241 g/mol. The van der Waals surface area contributed by atoms with E-state index in [4.69, 9.17) is 0 Å². The van der Waals surface area contributed by atoms with Gasteiger partial charge in [0.1, 0.15) is 0 Å². The molecule has 1 fully saturated rings. The Labute approximate surface area is 105 Å². The van der Waals surface area contributed by atoms with E-state index >= 15 is 0 Å². The minimum Gasteiger partial charge on any atom is -0.340 e. The zero-order valence-corrected chi connectivity index (χ0v) is 11.5. The first-order valence-electron chi connectivity index (χ1n) is 6.95. The van der Waals surface area contributed by atoms with Crippen molar-refractivity contribution in [1.82, 2.24) is 15.1 Å². The largest absolute Gasteiger partial charge is 0.340 e. The van der Waals surface area contributed by atoms with Gasteiger partial charge in [0.2, 0.25) is 5.91 Å². The molecule has 4 nitrogen and oxygen atoms in total. The molecule has 0 aromatic carbocycles. The fourth-order valence-corrected chi connectivity index (χ4v) is 2.49. The number of nitrogens with zero attached hydrogens (tertiary/aromatic N) is 2. The van der Waals surface area contributed by atoms with Crippen molar-refractivity contribution in [3.63, 3.8) is 0 Å². The number of nitrogens with one attached hydrogen (secondary N) is 1. The lowest BCUT2D eigenvalue weighted by Gasteiger charge is -2.26. The van der Waals surface area contributed by atoms with Gasteiger partial charge in [-0.2, -0.15) is 0 Å². The van der Waals surface area contributed by atoms with Gasteiger partial charge in [-0.3, -0.25) is 9.69 Å². The molecule has 0 saturated carbocycles. The Bertz CT molecular complexity index is 229. The summed E-state index contributed by atoms with van der Waals surface area (Å²) in [7, 11) is 0. The number of amides is 1. The monoisotopic (exact) mass is 241 g/mol. The Morgan fingerprint density at radius 3 is 2.65 bits per heavy atom. The molecule has 1 aliphatic rings. The molecule has 1 amide bonds. The fourth-order valence-electron chi connectivity index (χ4n) is 2.49. The van der Waals surface area contributed by atoms with Crippen LogP contribution in [0.5, 0.6) is 0 Å². The van der Waals surface area contributed by atoms with Crippen molar-refractivity contribution in [2.45, 2.75) is 39.7 Å². The number of carbonyl (C=O) groups excluding carboxylic acids is 1. The van der Waals surface area contributed by atoms with Gasteiger partial charge >= 0.3 is 0 Å². The third-order valence-corrected chi connectivity index (χ3v) is 3.55. The van der Waals surface area contributed by atoms with Gasteiger partial charge in [0.15, 0.2) is 0 Å². The van der Waals surface area contributed by atoms with Gasteiger partial charge in [-0.05, 0) is 32.5 Å². The van der Waals surface area contributed by atoms with E-state index in [-0.39, 0.29) is 5.91 Å². The smallest absolute Gasteiger partial charge is 0.236 e. The van der Waals surface area contributed by atoms with Crippen molar-refractivity contribution in [1.29, 1.82) is 0 Å². The van der Waals surface area contributed by atoms with Gasteiger partial charge in [0.25, 0.3) is 0 Å². The molecule has 0 aromatic heterocycles. The van der Waals surface area contributed by atoms with E-state index in [2.05, 4.69) is 31.0 Å². The highest BCUT2D eigenvalue weighted by Crippen LogP contribution is 2.15. The van der Waals surface area contributed by atoms with Gasteiger partial charge in [-0.1, -0.05) is 20.8 Å². The van der Waals surface area contributed by atoms with Crippen LogP contribution in [0.2, 0.25) is 0 Å². The van der Waals surface area contributed by atoms with Crippen molar-refractivity contribution in [2.24, 2.45) is 0 Å². The maximum atomic E-state index is 11.9. The van der Waals surface area contributed by atoms with Gasteiger partial charge in [0, 0.05) is 19.1 Å². The molecule has 100 valence electrons. The van der Waals surface area contributed by atoms with E-state index in [9.17, 15) is 4.79 Å². The predicted octanol–water partition coefficient (Wildman–Crippen LogP) is 0.929. The van der Waals surface area contributed by atoms with Crippen LogP contribution >= 0.6 is 0 Å². The summed E-state index contributed by atoms with van der Waals surface area (Å²) in [5.74, 6) is 0.258. The molecule has 0 bridgehead atoms. The lowest BCUT2D eigenvalue weighted by atomic mass is 10.2. The van der Waals surface area contributed by atoms with Gasteiger partial charge in [-0.15, -0.1) is 0 Å². The Kier molecular flexibility index (Phi) is 6.52. The van der Waals surface area contributed by atoms with Crippen molar-refractivity contribution in [3.8, 4) is 0 Å². The van der Waals surface area contributed by atoms with Crippen LogP contribution in [-0.2, 0) is 4.79 Å². The molecular formula is C13H27N3O. The van der Waals surface area contributed by atoms with Crippen molar-refractivity contribution < 1.29 is 4.79 Å². The predicted molar refractivity (Wildman–Crippen MR) is 71.1 cm³/mol. The summed E-state index contributed by atoms with van der Waals surface area (Å²) in [6, 6.07) is 0.570. The molecule has 0 radical (unpaired) electrons. The number of rotatable bonds is 7. The Hall–Kier alpha value is -0.610. The van der Waals surface area contributed by atoms with Gasteiger partial charge in [-0.25, -0.2) is 0 Å². The minimum absolute atomic E-state index is 0.258. The van der Waals surface area contributed by atoms with Crippen LogP contribution in [0, 0.1) is 0 Å².